The number of hydrogen-bond donors (Lipinski definition) is 0. The lowest BCUT2D eigenvalue weighted by molar-refractivity contribution is -0.138. The zero-order valence-corrected chi connectivity index (χ0v) is 19.9. The number of ether oxygens (including phenoxy) is 1. The van der Waals surface area contributed by atoms with E-state index < -0.39 is 15.8 Å². The molecule has 0 aromatic heterocycles. The van der Waals surface area contributed by atoms with Crippen LogP contribution in [0.25, 0.3) is 0 Å². The molecule has 0 aliphatic heterocycles. The van der Waals surface area contributed by atoms with Crippen molar-refractivity contribution < 1.29 is 17.9 Å². The summed E-state index contributed by atoms with van der Waals surface area (Å²) in [5.74, 6) is -0.827. The smallest absolute Gasteiger partial charge is 0.350 e. The van der Waals surface area contributed by atoms with Crippen LogP contribution >= 0.6 is 0 Å². The van der Waals surface area contributed by atoms with Crippen molar-refractivity contribution in [2.75, 3.05) is 19.7 Å². The number of carbonyl (C=O) groups excluding carboxylic acids is 1. The van der Waals surface area contributed by atoms with E-state index in [1.165, 1.54) is 43.6 Å². The molecule has 0 heterocycles. The SMILES string of the molecule is C=CC=C(C=CC)S(=O)(=O)C(=CC=CN(CC)CC)C(=O)OCCCCCCCC. The van der Waals surface area contributed by atoms with Gasteiger partial charge in [-0.25, -0.2) is 13.2 Å². The Morgan fingerprint density at radius 1 is 1.00 bits per heavy atom. The summed E-state index contributed by atoms with van der Waals surface area (Å²) in [7, 11) is -4.03. The van der Waals surface area contributed by atoms with Gasteiger partial charge in [-0.2, -0.15) is 0 Å². The van der Waals surface area contributed by atoms with Crippen LogP contribution in [-0.2, 0) is 19.4 Å². The van der Waals surface area contributed by atoms with Gasteiger partial charge in [0.2, 0.25) is 9.84 Å². The highest BCUT2D eigenvalue weighted by Crippen LogP contribution is 2.21. The van der Waals surface area contributed by atoms with Gasteiger partial charge in [-0.15, -0.1) is 0 Å². The maximum atomic E-state index is 13.1. The Bertz CT molecular complexity index is 726. The summed E-state index contributed by atoms with van der Waals surface area (Å²) >= 11 is 0. The molecule has 0 aliphatic rings. The van der Waals surface area contributed by atoms with Crippen molar-refractivity contribution >= 4 is 15.8 Å². The van der Waals surface area contributed by atoms with E-state index in [1.54, 1.807) is 25.3 Å². The Morgan fingerprint density at radius 2 is 1.63 bits per heavy atom. The number of esters is 1. The predicted molar refractivity (Wildman–Crippen MR) is 126 cm³/mol. The van der Waals surface area contributed by atoms with Gasteiger partial charge in [0, 0.05) is 13.1 Å². The maximum Gasteiger partial charge on any atom is 0.350 e. The van der Waals surface area contributed by atoms with Crippen LogP contribution in [0.5, 0.6) is 0 Å². The number of carbonyl (C=O) groups is 1. The molecule has 30 heavy (non-hydrogen) atoms. The first-order chi connectivity index (χ1) is 14.4. The van der Waals surface area contributed by atoms with Crippen LogP contribution in [0.15, 0.2) is 59.0 Å². The minimum atomic E-state index is -4.03. The molecule has 0 spiro atoms. The Kier molecular flexibility index (Phi) is 15.5. The summed E-state index contributed by atoms with van der Waals surface area (Å²) in [4.78, 5) is 14.3. The van der Waals surface area contributed by atoms with Crippen molar-refractivity contribution in [3.63, 3.8) is 0 Å². The van der Waals surface area contributed by atoms with Gasteiger partial charge in [0.05, 0.1) is 11.5 Å². The monoisotopic (exact) mass is 437 g/mol. The van der Waals surface area contributed by atoms with Crippen molar-refractivity contribution in [2.24, 2.45) is 0 Å². The van der Waals surface area contributed by atoms with Crippen molar-refractivity contribution in [1.29, 1.82) is 0 Å². The minimum absolute atomic E-state index is 0.000921. The highest BCUT2D eigenvalue weighted by Gasteiger charge is 2.28. The highest BCUT2D eigenvalue weighted by atomic mass is 32.2. The Morgan fingerprint density at radius 3 is 2.20 bits per heavy atom. The third-order valence-corrected chi connectivity index (χ3v) is 6.28. The Hall–Kier alpha value is -2.08. The first-order valence-corrected chi connectivity index (χ1v) is 12.4. The summed E-state index contributed by atoms with van der Waals surface area (Å²) in [5, 5.41) is 0. The van der Waals surface area contributed by atoms with E-state index in [-0.39, 0.29) is 16.4 Å². The number of allylic oxidation sites excluding steroid dienone is 6. The standard InChI is InChI=1S/C24H39NO4S/c1-6-11-12-13-14-15-21-29-24(26)23(19-16-20-25(9-4)10-5)30(27,28)22(17-7-2)18-8-3/h7-8,16-20H,2,6,9-15,21H2,1,3-5H3. The van der Waals surface area contributed by atoms with Crippen LogP contribution in [0.2, 0.25) is 0 Å². The van der Waals surface area contributed by atoms with E-state index in [4.69, 9.17) is 4.74 Å². The molecule has 170 valence electrons. The van der Waals surface area contributed by atoms with Gasteiger partial charge in [0.15, 0.2) is 4.91 Å². The van der Waals surface area contributed by atoms with E-state index in [0.717, 1.165) is 32.4 Å². The van der Waals surface area contributed by atoms with Gasteiger partial charge < -0.3 is 9.64 Å². The van der Waals surface area contributed by atoms with Gasteiger partial charge >= 0.3 is 5.97 Å². The van der Waals surface area contributed by atoms with Crippen LogP contribution in [0.3, 0.4) is 0 Å². The number of rotatable bonds is 16. The number of nitrogens with zero attached hydrogens (tertiary/aromatic N) is 1. The predicted octanol–water partition coefficient (Wildman–Crippen LogP) is 5.69. The fourth-order valence-corrected chi connectivity index (χ4v) is 4.09. The zero-order chi connectivity index (χ0) is 22.8. The van der Waals surface area contributed by atoms with E-state index in [9.17, 15) is 13.2 Å². The molecule has 0 aromatic rings. The molecular weight excluding hydrogens is 398 g/mol. The van der Waals surface area contributed by atoms with Crippen molar-refractivity contribution in [3.8, 4) is 0 Å². The fraction of sp³-hybridized carbons (Fsp3) is 0.542. The number of unbranched alkanes of at least 4 members (excludes halogenated alkanes) is 5. The summed E-state index contributed by atoms with van der Waals surface area (Å²) in [6.45, 7) is 13.2. The third kappa shape index (κ3) is 10.6. The molecule has 0 unspecified atom stereocenters. The van der Waals surface area contributed by atoms with Crippen LogP contribution in [-0.4, -0.2) is 39.0 Å². The molecule has 0 bridgehead atoms. The summed E-state index contributed by atoms with van der Waals surface area (Å²) < 4.78 is 31.5. The van der Waals surface area contributed by atoms with Crippen molar-refractivity contribution in [1.82, 2.24) is 4.90 Å². The van der Waals surface area contributed by atoms with Crippen LogP contribution < -0.4 is 0 Å². The van der Waals surface area contributed by atoms with Crippen molar-refractivity contribution in [3.05, 3.63) is 59.0 Å². The molecule has 0 rings (SSSR count). The Labute approximate surface area is 183 Å². The Balaban J connectivity index is 5.51. The molecular formula is C24H39NO4S. The molecule has 5 nitrogen and oxygen atoms in total. The van der Waals surface area contributed by atoms with Crippen LogP contribution in [0.1, 0.15) is 66.2 Å². The summed E-state index contributed by atoms with van der Waals surface area (Å²) in [5.41, 5.74) is 0. The molecule has 0 N–H and O–H groups in total. The summed E-state index contributed by atoms with van der Waals surface area (Å²) in [6.07, 6.45) is 16.8. The topological polar surface area (TPSA) is 63.7 Å². The average Bonchev–Trinajstić information content (AvgIpc) is 2.72. The van der Waals surface area contributed by atoms with E-state index in [1.807, 2.05) is 18.7 Å². The van der Waals surface area contributed by atoms with Crippen LogP contribution in [0, 0.1) is 0 Å². The van der Waals surface area contributed by atoms with E-state index >= 15 is 0 Å². The molecule has 0 aromatic carbocycles. The molecule has 0 amide bonds. The molecule has 0 aliphatic carbocycles. The largest absolute Gasteiger partial charge is 0.462 e. The van der Waals surface area contributed by atoms with Gasteiger partial charge in [-0.1, -0.05) is 57.8 Å². The third-order valence-electron chi connectivity index (χ3n) is 4.50. The minimum Gasteiger partial charge on any atom is -0.462 e. The van der Waals surface area contributed by atoms with Gasteiger partial charge in [-0.3, -0.25) is 0 Å². The van der Waals surface area contributed by atoms with Crippen molar-refractivity contribution in [2.45, 2.75) is 66.2 Å². The first-order valence-electron chi connectivity index (χ1n) is 10.9. The van der Waals surface area contributed by atoms with E-state index in [0.29, 0.717) is 0 Å². The lowest BCUT2D eigenvalue weighted by atomic mass is 10.1. The molecule has 0 fully saturated rings. The van der Waals surface area contributed by atoms with E-state index in [2.05, 4.69) is 13.5 Å². The molecule has 0 atom stereocenters. The average molecular weight is 438 g/mol. The highest BCUT2D eigenvalue weighted by molar-refractivity contribution is 8.00. The molecule has 0 saturated heterocycles. The molecule has 0 saturated carbocycles. The first kappa shape index (κ1) is 27.9. The van der Waals surface area contributed by atoms with Gasteiger partial charge in [0.25, 0.3) is 0 Å². The lowest BCUT2D eigenvalue weighted by Crippen LogP contribution is -2.18. The zero-order valence-electron chi connectivity index (χ0n) is 19.1. The fourth-order valence-electron chi connectivity index (χ4n) is 2.71. The summed E-state index contributed by atoms with van der Waals surface area (Å²) in [6, 6.07) is 0. The number of sulfone groups is 1. The maximum absolute atomic E-state index is 13.1. The second-order valence-corrected chi connectivity index (χ2v) is 8.72. The van der Waals surface area contributed by atoms with Gasteiger partial charge in [0.1, 0.15) is 0 Å². The number of hydrogen-bond acceptors (Lipinski definition) is 5. The van der Waals surface area contributed by atoms with Gasteiger partial charge in [-0.05, 0) is 57.7 Å². The molecule has 0 radical (unpaired) electrons. The lowest BCUT2D eigenvalue weighted by Gasteiger charge is -2.14. The van der Waals surface area contributed by atoms with Crippen LogP contribution in [0.4, 0.5) is 0 Å². The normalized spacial score (nSPS) is 13.2. The second kappa shape index (κ2) is 16.7. The second-order valence-electron chi connectivity index (χ2n) is 6.81. The quantitative estimate of drug-likeness (QED) is 0.134. The molecule has 6 heteroatoms.